The van der Waals surface area contributed by atoms with Crippen molar-refractivity contribution in [3.05, 3.63) is 0 Å². The van der Waals surface area contributed by atoms with E-state index in [0.717, 1.165) is 25.5 Å². The number of nitrogens with one attached hydrogen (secondary N) is 1. The summed E-state index contributed by atoms with van der Waals surface area (Å²) in [5.74, 6) is 0.782. The number of hydrogen-bond acceptors (Lipinski definition) is 3. The Morgan fingerprint density at radius 2 is 2.18 bits per heavy atom. The molecule has 3 heteroatoms. The van der Waals surface area contributed by atoms with Crippen LogP contribution in [0.5, 0.6) is 0 Å². The van der Waals surface area contributed by atoms with Crippen molar-refractivity contribution in [3.8, 4) is 0 Å². The molecule has 11 heavy (non-hydrogen) atoms. The summed E-state index contributed by atoms with van der Waals surface area (Å²) < 4.78 is 5.48. The second kappa shape index (κ2) is 3.09. The van der Waals surface area contributed by atoms with Gasteiger partial charge in [0.25, 0.3) is 0 Å². The Labute approximate surface area is 66.7 Å². The summed E-state index contributed by atoms with van der Waals surface area (Å²) in [5.41, 5.74) is 0. The molecule has 64 valence electrons. The molecule has 3 nitrogen and oxygen atoms in total. The van der Waals surface area contributed by atoms with E-state index in [0.29, 0.717) is 0 Å². The number of rotatable bonds is 3. The summed E-state index contributed by atoms with van der Waals surface area (Å²) in [4.78, 5) is 0. The van der Waals surface area contributed by atoms with E-state index in [9.17, 15) is 5.11 Å². The minimum Gasteiger partial charge on any atom is -0.389 e. The van der Waals surface area contributed by atoms with E-state index in [1.165, 1.54) is 12.8 Å². The van der Waals surface area contributed by atoms with Gasteiger partial charge in [-0.1, -0.05) is 0 Å². The first kappa shape index (κ1) is 7.53. The van der Waals surface area contributed by atoms with Crippen molar-refractivity contribution in [3.63, 3.8) is 0 Å². The van der Waals surface area contributed by atoms with E-state index in [1.54, 1.807) is 0 Å². The molecule has 0 spiro atoms. The van der Waals surface area contributed by atoms with Crippen molar-refractivity contribution in [2.24, 2.45) is 5.92 Å². The molecule has 2 aliphatic rings. The van der Waals surface area contributed by atoms with Gasteiger partial charge in [0.1, 0.15) is 6.23 Å². The van der Waals surface area contributed by atoms with Crippen LogP contribution in [0.2, 0.25) is 0 Å². The highest BCUT2D eigenvalue weighted by molar-refractivity contribution is 4.78. The first-order chi connectivity index (χ1) is 5.36. The molecule has 0 aromatic heterocycles. The summed E-state index contributed by atoms with van der Waals surface area (Å²) >= 11 is 0. The largest absolute Gasteiger partial charge is 0.389 e. The third-order valence-electron chi connectivity index (χ3n) is 2.34. The molecule has 2 N–H and O–H groups in total. The van der Waals surface area contributed by atoms with Crippen LogP contribution >= 0.6 is 0 Å². The van der Waals surface area contributed by atoms with E-state index in [-0.39, 0.29) is 12.3 Å². The molecule has 1 heterocycles. The molecule has 1 aliphatic heterocycles. The predicted molar refractivity (Wildman–Crippen MR) is 41.1 cm³/mol. The maximum atomic E-state index is 9.33. The highest BCUT2D eigenvalue weighted by Crippen LogP contribution is 2.29. The van der Waals surface area contributed by atoms with E-state index in [1.807, 2.05) is 0 Å². The lowest BCUT2D eigenvalue weighted by Gasteiger charge is -2.14. The average molecular weight is 157 g/mol. The number of hydrogen-bond donors (Lipinski definition) is 2. The summed E-state index contributed by atoms with van der Waals surface area (Å²) in [6.07, 6.45) is 3.07. The van der Waals surface area contributed by atoms with Crippen LogP contribution in [0.3, 0.4) is 0 Å². The lowest BCUT2D eigenvalue weighted by molar-refractivity contribution is -0.0340. The van der Waals surface area contributed by atoms with Gasteiger partial charge in [0.05, 0.1) is 12.7 Å². The van der Waals surface area contributed by atoms with E-state index < -0.39 is 0 Å². The van der Waals surface area contributed by atoms with E-state index in [2.05, 4.69) is 5.32 Å². The fourth-order valence-electron chi connectivity index (χ4n) is 1.36. The van der Waals surface area contributed by atoms with Crippen LogP contribution in [-0.2, 0) is 4.74 Å². The van der Waals surface area contributed by atoms with Crippen LogP contribution in [0.4, 0.5) is 0 Å². The molecule has 1 saturated carbocycles. The number of aliphatic hydroxyl groups is 1. The first-order valence-corrected chi connectivity index (χ1v) is 4.39. The molecular weight excluding hydrogens is 142 g/mol. The molecule has 1 aliphatic carbocycles. The molecule has 2 atom stereocenters. The van der Waals surface area contributed by atoms with Gasteiger partial charge in [-0.05, 0) is 25.2 Å². The number of ether oxygens (including phenoxy) is 1. The standard InChI is InChI=1S/C8H15NO2/c10-7-3-4-9-8(7)11-5-6-1-2-6/h6-10H,1-5H2. The lowest BCUT2D eigenvalue weighted by Crippen LogP contribution is -2.33. The SMILES string of the molecule is OC1CCNC1OCC1CC1. The molecule has 2 fully saturated rings. The monoisotopic (exact) mass is 157 g/mol. The van der Waals surface area contributed by atoms with Crippen LogP contribution < -0.4 is 5.32 Å². The zero-order chi connectivity index (χ0) is 7.68. The van der Waals surface area contributed by atoms with Gasteiger partial charge in [0, 0.05) is 6.54 Å². The Morgan fingerprint density at radius 1 is 1.36 bits per heavy atom. The van der Waals surface area contributed by atoms with Crippen LogP contribution in [0.15, 0.2) is 0 Å². The molecule has 1 saturated heterocycles. The van der Waals surface area contributed by atoms with Crippen molar-refractivity contribution in [1.82, 2.24) is 5.32 Å². The number of aliphatic hydroxyl groups excluding tert-OH is 1. The smallest absolute Gasteiger partial charge is 0.134 e. The van der Waals surface area contributed by atoms with Crippen molar-refractivity contribution in [2.75, 3.05) is 13.2 Å². The van der Waals surface area contributed by atoms with Crippen LogP contribution in [0.25, 0.3) is 0 Å². The normalized spacial score (nSPS) is 37.9. The van der Waals surface area contributed by atoms with Gasteiger partial charge in [-0.15, -0.1) is 0 Å². The summed E-state index contributed by atoms with van der Waals surface area (Å²) in [5, 5.41) is 12.5. The van der Waals surface area contributed by atoms with Crippen molar-refractivity contribution in [2.45, 2.75) is 31.6 Å². The molecular formula is C8H15NO2. The Balaban J connectivity index is 1.67. The van der Waals surface area contributed by atoms with Crippen molar-refractivity contribution in [1.29, 1.82) is 0 Å². The van der Waals surface area contributed by atoms with Gasteiger partial charge in [-0.3, -0.25) is 5.32 Å². The Morgan fingerprint density at radius 3 is 2.73 bits per heavy atom. The van der Waals surface area contributed by atoms with Gasteiger partial charge in [-0.25, -0.2) is 0 Å². The predicted octanol–water partition coefficient (Wildman–Crippen LogP) is 0.0933. The third kappa shape index (κ3) is 1.92. The Bertz CT molecular complexity index is 136. The zero-order valence-corrected chi connectivity index (χ0v) is 6.62. The van der Waals surface area contributed by atoms with Crippen molar-refractivity contribution < 1.29 is 9.84 Å². The maximum Gasteiger partial charge on any atom is 0.134 e. The second-order valence-electron chi connectivity index (χ2n) is 3.51. The lowest BCUT2D eigenvalue weighted by atomic mass is 10.3. The van der Waals surface area contributed by atoms with Gasteiger partial charge >= 0.3 is 0 Å². The fraction of sp³-hybridized carbons (Fsp3) is 1.00. The van der Waals surface area contributed by atoms with Crippen LogP contribution in [0, 0.1) is 5.92 Å². The second-order valence-corrected chi connectivity index (χ2v) is 3.51. The van der Waals surface area contributed by atoms with Gasteiger partial charge in [0.15, 0.2) is 0 Å². The van der Waals surface area contributed by atoms with Crippen LogP contribution in [-0.4, -0.2) is 30.6 Å². The highest BCUT2D eigenvalue weighted by atomic mass is 16.5. The van der Waals surface area contributed by atoms with Gasteiger partial charge in [-0.2, -0.15) is 0 Å². The first-order valence-electron chi connectivity index (χ1n) is 4.39. The third-order valence-corrected chi connectivity index (χ3v) is 2.34. The van der Waals surface area contributed by atoms with Crippen molar-refractivity contribution >= 4 is 0 Å². The topological polar surface area (TPSA) is 41.5 Å². The maximum absolute atomic E-state index is 9.33. The zero-order valence-electron chi connectivity index (χ0n) is 6.62. The molecule has 0 bridgehead atoms. The Kier molecular flexibility index (Phi) is 2.11. The molecule has 0 radical (unpaired) electrons. The van der Waals surface area contributed by atoms with E-state index >= 15 is 0 Å². The average Bonchev–Trinajstić information content (AvgIpc) is 2.73. The molecule has 2 unspecified atom stereocenters. The summed E-state index contributed by atoms with van der Waals surface area (Å²) in [6.45, 7) is 1.71. The highest BCUT2D eigenvalue weighted by Gasteiger charge is 2.28. The van der Waals surface area contributed by atoms with Crippen LogP contribution in [0.1, 0.15) is 19.3 Å². The Hall–Kier alpha value is -0.120. The molecule has 0 aromatic rings. The molecule has 2 rings (SSSR count). The van der Waals surface area contributed by atoms with Gasteiger partial charge in [0.2, 0.25) is 0 Å². The quantitative estimate of drug-likeness (QED) is 0.610. The minimum atomic E-state index is -0.284. The molecule has 0 amide bonds. The molecule has 0 aromatic carbocycles. The summed E-state index contributed by atoms with van der Waals surface area (Å²) in [7, 11) is 0. The minimum absolute atomic E-state index is 0.0874. The van der Waals surface area contributed by atoms with E-state index in [4.69, 9.17) is 4.74 Å². The van der Waals surface area contributed by atoms with Gasteiger partial charge < -0.3 is 9.84 Å². The summed E-state index contributed by atoms with van der Waals surface area (Å²) in [6, 6.07) is 0. The fourth-order valence-corrected chi connectivity index (χ4v) is 1.36.